The summed E-state index contributed by atoms with van der Waals surface area (Å²) < 4.78 is 38.5. The van der Waals surface area contributed by atoms with Crippen LogP contribution in [0.3, 0.4) is 0 Å². The van der Waals surface area contributed by atoms with Crippen molar-refractivity contribution in [3.05, 3.63) is 28.8 Å². The first-order valence-corrected chi connectivity index (χ1v) is 6.64. The minimum atomic E-state index is -4.56. The number of alkyl halides is 3. The highest BCUT2D eigenvalue weighted by atomic mass is 35.5. The molecule has 1 aromatic carbocycles. The highest BCUT2D eigenvalue weighted by Crippen LogP contribution is 2.36. The molecule has 0 atom stereocenters. The van der Waals surface area contributed by atoms with E-state index >= 15 is 0 Å². The van der Waals surface area contributed by atoms with Crippen LogP contribution >= 0.6 is 11.6 Å². The van der Waals surface area contributed by atoms with Gasteiger partial charge in [-0.1, -0.05) is 11.6 Å². The van der Waals surface area contributed by atoms with E-state index in [0.717, 1.165) is 25.0 Å². The number of nitrogens with one attached hydrogen (secondary N) is 2. The molecule has 0 saturated heterocycles. The number of benzene rings is 1. The molecule has 1 amide bonds. The third-order valence-electron chi connectivity index (χ3n) is 2.92. The number of hydrogen-bond acceptors (Lipinski definition) is 2. The molecule has 2 N–H and O–H groups in total. The van der Waals surface area contributed by atoms with Gasteiger partial charge in [0.15, 0.2) is 0 Å². The molecule has 1 aliphatic carbocycles. The lowest BCUT2D eigenvalue weighted by atomic mass is 10.1. The maximum absolute atomic E-state index is 12.8. The highest BCUT2D eigenvalue weighted by molar-refractivity contribution is 6.30. The molecule has 0 aliphatic heterocycles. The molecule has 0 radical (unpaired) electrons. The summed E-state index contributed by atoms with van der Waals surface area (Å²) in [5.74, 6) is -0.453. The first-order chi connectivity index (χ1) is 9.36. The molecule has 3 nitrogen and oxygen atoms in total. The fraction of sp³-hybridized carbons (Fsp3) is 0.462. The summed E-state index contributed by atoms with van der Waals surface area (Å²) in [5, 5.41) is 5.38. The van der Waals surface area contributed by atoms with E-state index in [4.69, 9.17) is 11.6 Å². The monoisotopic (exact) mass is 306 g/mol. The topological polar surface area (TPSA) is 41.1 Å². The van der Waals surface area contributed by atoms with Crippen molar-refractivity contribution < 1.29 is 18.0 Å². The maximum Gasteiger partial charge on any atom is 0.418 e. The van der Waals surface area contributed by atoms with Crippen molar-refractivity contribution in [3.8, 4) is 0 Å². The summed E-state index contributed by atoms with van der Waals surface area (Å²) in [6, 6.07) is 3.75. The predicted octanol–water partition coefficient (Wildman–Crippen LogP) is 3.44. The zero-order valence-electron chi connectivity index (χ0n) is 10.6. The van der Waals surface area contributed by atoms with Gasteiger partial charge in [-0.25, -0.2) is 0 Å². The Morgan fingerprint density at radius 1 is 1.35 bits per heavy atom. The molecule has 0 bridgehead atoms. The molecular formula is C13H14ClF3N2O. The fourth-order valence-corrected chi connectivity index (χ4v) is 1.92. The number of carbonyl (C=O) groups is 1. The summed E-state index contributed by atoms with van der Waals surface area (Å²) in [4.78, 5) is 11.6. The first kappa shape index (κ1) is 15.1. The van der Waals surface area contributed by atoms with Crippen LogP contribution in [0.15, 0.2) is 18.2 Å². The SMILES string of the molecule is O=C(CCNC1CC1)Nc1ccc(Cl)cc1C(F)(F)F. The second-order valence-electron chi connectivity index (χ2n) is 4.71. The number of anilines is 1. The number of hydrogen-bond donors (Lipinski definition) is 2. The molecule has 2 rings (SSSR count). The van der Waals surface area contributed by atoms with E-state index in [9.17, 15) is 18.0 Å². The summed E-state index contributed by atoms with van der Waals surface area (Å²) in [7, 11) is 0. The van der Waals surface area contributed by atoms with Gasteiger partial charge in [0, 0.05) is 24.0 Å². The molecular weight excluding hydrogens is 293 g/mol. The van der Waals surface area contributed by atoms with Crippen LogP contribution in [-0.4, -0.2) is 18.5 Å². The maximum atomic E-state index is 12.8. The second-order valence-corrected chi connectivity index (χ2v) is 5.15. The predicted molar refractivity (Wildman–Crippen MR) is 70.7 cm³/mol. The Balaban J connectivity index is 1.98. The average Bonchev–Trinajstić information content (AvgIpc) is 3.14. The van der Waals surface area contributed by atoms with Gasteiger partial charge in [0.2, 0.25) is 5.91 Å². The van der Waals surface area contributed by atoms with Crippen molar-refractivity contribution >= 4 is 23.2 Å². The van der Waals surface area contributed by atoms with Crippen LogP contribution in [-0.2, 0) is 11.0 Å². The van der Waals surface area contributed by atoms with Crippen LogP contribution in [0.4, 0.5) is 18.9 Å². The Labute approximate surface area is 119 Å². The minimum Gasteiger partial charge on any atom is -0.325 e. The molecule has 7 heteroatoms. The van der Waals surface area contributed by atoms with Gasteiger partial charge in [-0.3, -0.25) is 4.79 Å². The van der Waals surface area contributed by atoms with Gasteiger partial charge in [-0.2, -0.15) is 13.2 Å². The normalized spacial score (nSPS) is 15.2. The van der Waals surface area contributed by atoms with Crippen molar-refractivity contribution in [2.24, 2.45) is 0 Å². The summed E-state index contributed by atoms with van der Waals surface area (Å²) in [6.07, 6.45) is -2.23. The summed E-state index contributed by atoms with van der Waals surface area (Å²) in [6.45, 7) is 0.464. The minimum absolute atomic E-state index is 0.0225. The standard InChI is InChI=1S/C13H14ClF3N2O/c14-8-1-4-11(10(7-8)13(15,16)17)19-12(20)5-6-18-9-2-3-9/h1,4,7,9,18H,2-3,5-6H2,(H,19,20). The Hall–Kier alpha value is -1.27. The van der Waals surface area contributed by atoms with E-state index in [0.29, 0.717) is 12.6 Å². The zero-order chi connectivity index (χ0) is 14.8. The fourth-order valence-electron chi connectivity index (χ4n) is 1.75. The smallest absolute Gasteiger partial charge is 0.325 e. The van der Waals surface area contributed by atoms with Crippen LogP contribution in [0, 0.1) is 0 Å². The van der Waals surface area contributed by atoms with Crippen LogP contribution in [0.2, 0.25) is 5.02 Å². The number of carbonyl (C=O) groups excluding carboxylic acids is 1. The van der Waals surface area contributed by atoms with Gasteiger partial charge < -0.3 is 10.6 Å². The lowest BCUT2D eigenvalue weighted by molar-refractivity contribution is -0.137. The summed E-state index contributed by atoms with van der Waals surface area (Å²) in [5.41, 5.74) is -1.20. The lowest BCUT2D eigenvalue weighted by Gasteiger charge is -2.14. The van der Waals surface area contributed by atoms with Gasteiger partial charge in [0.05, 0.1) is 11.3 Å². The van der Waals surface area contributed by atoms with Gasteiger partial charge in [0.1, 0.15) is 0 Å². The highest BCUT2D eigenvalue weighted by Gasteiger charge is 2.34. The molecule has 110 valence electrons. The van der Waals surface area contributed by atoms with Gasteiger partial charge in [0.25, 0.3) is 0 Å². The van der Waals surface area contributed by atoms with Crippen molar-refractivity contribution in [2.75, 3.05) is 11.9 Å². The molecule has 0 heterocycles. The molecule has 0 spiro atoms. The van der Waals surface area contributed by atoms with E-state index in [-0.39, 0.29) is 17.1 Å². The van der Waals surface area contributed by atoms with E-state index in [2.05, 4.69) is 10.6 Å². The molecule has 0 unspecified atom stereocenters. The second kappa shape index (κ2) is 6.01. The van der Waals surface area contributed by atoms with Crippen molar-refractivity contribution in [2.45, 2.75) is 31.5 Å². The first-order valence-electron chi connectivity index (χ1n) is 6.26. The Morgan fingerprint density at radius 2 is 2.05 bits per heavy atom. The molecule has 1 aliphatic rings. The Kier molecular flexibility index (Phi) is 4.55. The van der Waals surface area contributed by atoms with Gasteiger partial charge >= 0.3 is 6.18 Å². The van der Waals surface area contributed by atoms with Crippen molar-refractivity contribution in [1.29, 1.82) is 0 Å². The Bertz CT molecular complexity index is 501. The quantitative estimate of drug-likeness (QED) is 0.875. The molecule has 1 aromatic rings. The van der Waals surface area contributed by atoms with Crippen molar-refractivity contribution in [1.82, 2.24) is 5.32 Å². The number of amides is 1. The number of rotatable bonds is 5. The van der Waals surface area contributed by atoms with Gasteiger partial charge in [-0.05, 0) is 31.0 Å². The van der Waals surface area contributed by atoms with Crippen molar-refractivity contribution in [3.63, 3.8) is 0 Å². The Morgan fingerprint density at radius 3 is 2.65 bits per heavy atom. The van der Waals surface area contributed by atoms with Gasteiger partial charge in [-0.15, -0.1) is 0 Å². The third-order valence-corrected chi connectivity index (χ3v) is 3.16. The molecule has 0 aromatic heterocycles. The zero-order valence-corrected chi connectivity index (χ0v) is 11.3. The van der Waals surface area contributed by atoms with Crippen LogP contribution in [0.5, 0.6) is 0 Å². The molecule has 20 heavy (non-hydrogen) atoms. The van der Waals surface area contributed by atoms with E-state index < -0.39 is 17.6 Å². The third kappa shape index (κ3) is 4.38. The van der Waals surface area contributed by atoms with Crippen LogP contribution in [0.25, 0.3) is 0 Å². The van der Waals surface area contributed by atoms with Crippen LogP contribution in [0.1, 0.15) is 24.8 Å². The molecule has 1 saturated carbocycles. The number of halogens is 4. The lowest BCUT2D eigenvalue weighted by Crippen LogP contribution is -2.24. The van der Waals surface area contributed by atoms with E-state index in [1.807, 2.05) is 0 Å². The van der Waals surface area contributed by atoms with Crippen LogP contribution < -0.4 is 10.6 Å². The molecule has 1 fully saturated rings. The average molecular weight is 307 g/mol. The van der Waals surface area contributed by atoms with E-state index in [1.165, 1.54) is 6.07 Å². The largest absolute Gasteiger partial charge is 0.418 e. The summed E-state index contributed by atoms with van der Waals surface area (Å²) >= 11 is 5.56. The van der Waals surface area contributed by atoms with E-state index in [1.54, 1.807) is 0 Å².